The number of thiazole rings is 1. The molecule has 3 aromatic rings. The van der Waals surface area contributed by atoms with Gasteiger partial charge in [-0.3, -0.25) is 0 Å². The smallest absolute Gasteiger partial charge is 0.178 e. The van der Waals surface area contributed by atoms with E-state index in [2.05, 4.69) is 9.97 Å². The highest BCUT2D eigenvalue weighted by atomic mass is 32.2. The number of hydrogen-bond donors (Lipinski definition) is 1. The molecule has 2 heterocycles. The Balaban J connectivity index is 2.08. The monoisotopic (exact) mass is 339 g/mol. The van der Waals surface area contributed by atoms with Crippen molar-refractivity contribution < 1.29 is 8.42 Å². The highest BCUT2D eigenvalue weighted by molar-refractivity contribution is 7.91. The standard InChI is InChI=1S/C13H13N3O2S3/c1-21(17,18)10-4-2-3-9-12(10)15-13(19)16(9)7-5-11-14-6-8-20-11/h2-4,6,8H,5,7H2,1H3,(H,15,19). The zero-order chi connectivity index (χ0) is 15.0. The van der Waals surface area contributed by atoms with Crippen molar-refractivity contribution in [1.82, 2.24) is 14.5 Å². The lowest BCUT2D eigenvalue weighted by Crippen LogP contribution is -2.02. The summed E-state index contributed by atoms with van der Waals surface area (Å²) >= 11 is 6.92. The van der Waals surface area contributed by atoms with Crippen LogP contribution in [0.1, 0.15) is 5.01 Å². The maximum absolute atomic E-state index is 11.8. The van der Waals surface area contributed by atoms with Crippen molar-refractivity contribution in [2.75, 3.05) is 6.26 Å². The zero-order valence-corrected chi connectivity index (χ0v) is 13.7. The number of aryl methyl sites for hydroxylation is 2. The Hall–Kier alpha value is -1.51. The van der Waals surface area contributed by atoms with Gasteiger partial charge in [0.2, 0.25) is 0 Å². The van der Waals surface area contributed by atoms with Gasteiger partial charge in [0.15, 0.2) is 14.6 Å². The van der Waals surface area contributed by atoms with E-state index in [9.17, 15) is 8.42 Å². The number of nitrogens with zero attached hydrogens (tertiary/aromatic N) is 2. The number of para-hydroxylation sites is 1. The first kappa shape index (κ1) is 14.4. The van der Waals surface area contributed by atoms with Gasteiger partial charge in [-0.25, -0.2) is 13.4 Å². The summed E-state index contributed by atoms with van der Waals surface area (Å²) in [6, 6.07) is 5.20. The van der Waals surface area contributed by atoms with Crippen molar-refractivity contribution in [2.24, 2.45) is 0 Å². The number of benzene rings is 1. The van der Waals surface area contributed by atoms with E-state index in [0.717, 1.165) is 16.9 Å². The molecule has 0 bridgehead atoms. The summed E-state index contributed by atoms with van der Waals surface area (Å²) in [6.07, 6.45) is 3.74. The molecule has 110 valence electrons. The number of imidazole rings is 1. The first-order chi connectivity index (χ1) is 9.97. The maximum atomic E-state index is 11.8. The molecule has 0 saturated carbocycles. The highest BCUT2D eigenvalue weighted by Crippen LogP contribution is 2.23. The Kier molecular flexibility index (Phi) is 3.68. The van der Waals surface area contributed by atoms with E-state index in [1.54, 1.807) is 29.7 Å². The molecule has 0 aliphatic heterocycles. The van der Waals surface area contributed by atoms with Gasteiger partial charge in [0.25, 0.3) is 0 Å². The van der Waals surface area contributed by atoms with E-state index in [1.807, 2.05) is 16.0 Å². The van der Waals surface area contributed by atoms with Crippen LogP contribution in [0.2, 0.25) is 0 Å². The first-order valence-corrected chi connectivity index (χ1v) is 9.45. The molecule has 0 aliphatic rings. The number of rotatable bonds is 4. The third kappa shape index (κ3) is 2.78. The molecule has 0 unspecified atom stereocenters. The van der Waals surface area contributed by atoms with Crippen LogP contribution in [0, 0.1) is 4.77 Å². The van der Waals surface area contributed by atoms with E-state index < -0.39 is 9.84 Å². The fraction of sp³-hybridized carbons (Fsp3) is 0.231. The third-order valence-corrected chi connectivity index (χ3v) is 5.51. The highest BCUT2D eigenvalue weighted by Gasteiger charge is 2.15. The SMILES string of the molecule is CS(=O)(=O)c1cccc2c1[nH]c(=S)n2CCc1nccs1. The number of nitrogens with one attached hydrogen (secondary N) is 1. The van der Waals surface area contributed by atoms with Crippen molar-refractivity contribution in [1.29, 1.82) is 0 Å². The number of aromatic amines is 1. The van der Waals surface area contributed by atoms with E-state index in [-0.39, 0.29) is 4.90 Å². The van der Waals surface area contributed by atoms with Crippen LogP contribution in [0.15, 0.2) is 34.7 Å². The molecule has 0 saturated heterocycles. The summed E-state index contributed by atoms with van der Waals surface area (Å²) in [6.45, 7) is 0.666. The Bertz CT molecular complexity index is 937. The van der Waals surface area contributed by atoms with E-state index >= 15 is 0 Å². The minimum Gasteiger partial charge on any atom is -0.329 e. The predicted octanol–water partition coefficient (Wildman–Crippen LogP) is 2.80. The Morgan fingerprint density at radius 2 is 2.24 bits per heavy atom. The molecule has 21 heavy (non-hydrogen) atoms. The largest absolute Gasteiger partial charge is 0.329 e. The molecule has 5 nitrogen and oxygen atoms in total. The van der Waals surface area contributed by atoms with Crippen molar-refractivity contribution in [2.45, 2.75) is 17.9 Å². The number of H-pyrrole nitrogens is 1. The summed E-state index contributed by atoms with van der Waals surface area (Å²) in [5, 5.41) is 2.97. The molecular weight excluding hydrogens is 326 g/mol. The van der Waals surface area contributed by atoms with Gasteiger partial charge in [0.1, 0.15) is 0 Å². The van der Waals surface area contributed by atoms with Gasteiger partial charge in [-0.1, -0.05) is 6.07 Å². The van der Waals surface area contributed by atoms with Crippen LogP contribution in [0.25, 0.3) is 11.0 Å². The third-order valence-electron chi connectivity index (χ3n) is 3.20. The molecule has 0 aliphatic carbocycles. The molecule has 0 spiro atoms. The number of aromatic nitrogens is 3. The minimum absolute atomic E-state index is 0.277. The molecule has 0 fully saturated rings. The van der Waals surface area contributed by atoms with Gasteiger partial charge in [-0.2, -0.15) is 0 Å². The molecule has 0 atom stereocenters. The number of sulfone groups is 1. The summed E-state index contributed by atoms with van der Waals surface area (Å²) in [7, 11) is -3.29. The lowest BCUT2D eigenvalue weighted by Gasteiger charge is -2.04. The van der Waals surface area contributed by atoms with Crippen LogP contribution in [-0.2, 0) is 22.8 Å². The second-order valence-electron chi connectivity index (χ2n) is 4.68. The van der Waals surface area contributed by atoms with Crippen molar-refractivity contribution in [3.8, 4) is 0 Å². The second kappa shape index (κ2) is 5.36. The lowest BCUT2D eigenvalue weighted by molar-refractivity contribution is 0.602. The normalized spacial score (nSPS) is 12.0. The van der Waals surface area contributed by atoms with E-state index in [1.165, 1.54) is 6.26 Å². The molecule has 1 aromatic carbocycles. The molecule has 0 amide bonds. The molecule has 2 aromatic heterocycles. The Morgan fingerprint density at radius 1 is 1.43 bits per heavy atom. The second-order valence-corrected chi connectivity index (χ2v) is 8.03. The van der Waals surface area contributed by atoms with Crippen LogP contribution < -0.4 is 0 Å². The first-order valence-electron chi connectivity index (χ1n) is 6.27. The summed E-state index contributed by atoms with van der Waals surface area (Å²) in [4.78, 5) is 7.54. The molecule has 8 heteroatoms. The molecule has 3 rings (SSSR count). The van der Waals surface area contributed by atoms with Gasteiger partial charge < -0.3 is 9.55 Å². The van der Waals surface area contributed by atoms with Crippen LogP contribution in [0.5, 0.6) is 0 Å². The summed E-state index contributed by atoms with van der Waals surface area (Å²) in [5.74, 6) is 0. The van der Waals surface area contributed by atoms with Crippen molar-refractivity contribution >= 4 is 44.4 Å². The lowest BCUT2D eigenvalue weighted by atomic mass is 10.3. The van der Waals surface area contributed by atoms with Gasteiger partial charge in [0, 0.05) is 30.8 Å². The molecule has 0 radical (unpaired) electrons. The quantitative estimate of drug-likeness (QED) is 0.742. The fourth-order valence-electron chi connectivity index (χ4n) is 2.27. The van der Waals surface area contributed by atoms with E-state index in [4.69, 9.17) is 12.2 Å². The van der Waals surface area contributed by atoms with Gasteiger partial charge in [-0.05, 0) is 24.4 Å². The fourth-order valence-corrected chi connectivity index (χ4v) is 4.02. The Labute approximate surface area is 131 Å². The van der Waals surface area contributed by atoms with Crippen LogP contribution in [0.4, 0.5) is 0 Å². The molecule has 1 N–H and O–H groups in total. The van der Waals surface area contributed by atoms with Crippen LogP contribution >= 0.6 is 23.6 Å². The topological polar surface area (TPSA) is 67.8 Å². The van der Waals surface area contributed by atoms with Crippen molar-refractivity contribution in [3.05, 3.63) is 39.6 Å². The summed E-state index contributed by atoms with van der Waals surface area (Å²) in [5.41, 5.74) is 1.38. The van der Waals surface area contributed by atoms with E-state index in [0.29, 0.717) is 16.8 Å². The van der Waals surface area contributed by atoms with Gasteiger partial charge in [0.05, 0.1) is 20.9 Å². The predicted molar refractivity (Wildman–Crippen MR) is 86.1 cm³/mol. The Morgan fingerprint density at radius 3 is 2.90 bits per heavy atom. The number of fused-ring (bicyclic) bond motifs is 1. The van der Waals surface area contributed by atoms with Crippen LogP contribution in [0.3, 0.4) is 0 Å². The molecular formula is C13H13N3O2S3. The number of hydrogen-bond acceptors (Lipinski definition) is 5. The average Bonchev–Trinajstić information content (AvgIpc) is 3.01. The zero-order valence-electron chi connectivity index (χ0n) is 11.2. The maximum Gasteiger partial charge on any atom is 0.178 e. The van der Waals surface area contributed by atoms with Gasteiger partial charge in [-0.15, -0.1) is 11.3 Å². The van der Waals surface area contributed by atoms with Crippen molar-refractivity contribution in [3.63, 3.8) is 0 Å². The summed E-state index contributed by atoms with van der Waals surface area (Å²) < 4.78 is 26.1. The van der Waals surface area contributed by atoms with Gasteiger partial charge >= 0.3 is 0 Å². The minimum atomic E-state index is -3.29. The van der Waals surface area contributed by atoms with Crippen LogP contribution in [-0.4, -0.2) is 29.2 Å². The average molecular weight is 339 g/mol.